The van der Waals surface area contributed by atoms with E-state index in [2.05, 4.69) is 4.98 Å². The third-order valence-corrected chi connectivity index (χ3v) is 4.70. The number of nitrogens with zero attached hydrogens (tertiary/aromatic N) is 3. The van der Waals surface area contributed by atoms with Crippen molar-refractivity contribution < 1.29 is 32.3 Å². The van der Waals surface area contributed by atoms with Crippen LogP contribution in [0.15, 0.2) is 48.7 Å². The molecule has 2 aromatic rings. The topological polar surface area (TPSA) is 91.8 Å². The zero-order chi connectivity index (χ0) is 23.1. The van der Waals surface area contributed by atoms with Crippen LogP contribution in [0, 0.1) is 0 Å². The number of pyridine rings is 1. The lowest BCUT2D eigenvalue weighted by Crippen LogP contribution is -2.48. The molecule has 8 nitrogen and oxygen atoms in total. The van der Waals surface area contributed by atoms with E-state index in [9.17, 15) is 27.6 Å². The number of Topliss-reactive ketones (excluding diaryl/α,β-unsaturated/α-hetero) is 1. The van der Waals surface area contributed by atoms with Crippen LogP contribution in [0.4, 0.5) is 23.7 Å². The number of morpholine rings is 1. The van der Waals surface area contributed by atoms with Gasteiger partial charge in [-0.1, -0.05) is 24.3 Å². The Morgan fingerprint density at radius 2 is 1.75 bits per heavy atom. The summed E-state index contributed by atoms with van der Waals surface area (Å²) in [5.41, 5.74) is 1.20. The standard InChI is InChI=1S/C21H21F3N4O4/c22-21(23,24)19(30)26-13-18(29)17-7-6-15(12-25-17)14-28(16-4-2-1-3-5-16)20(31)27-8-10-32-11-9-27/h1-7,12H,8-11,13-14H2,(H,26,30). The molecule has 1 N–H and O–H groups in total. The number of aromatic nitrogens is 1. The van der Waals surface area contributed by atoms with Crippen molar-refractivity contribution in [2.75, 3.05) is 37.7 Å². The number of hydrogen-bond donors (Lipinski definition) is 1. The first-order valence-electron chi connectivity index (χ1n) is 9.78. The van der Waals surface area contributed by atoms with Gasteiger partial charge in [0.25, 0.3) is 0 Å². The zero-order valence-corrected chi connectivity index (χ0v) is 17.0. The van der Waals surface area contributed by atoms with Gasteiger partial charge >= 0.3 is 18.1 Å². The van der Waals surface area contributed by atoms with Crippen LogP contribution in [0.5, 0.6) is 0 Å². The summed E-state index contributed by atoms with van der Waals surface area (Å²) in [5.74, 6) is -2.96. The van der Waals surface area contributed by atoms with Gasteiger partial charge in [-0.3, -0.25) is 19.5 Å². The third-order valence-electron chi connectivity index (χ3n) is 4.70. The summed E-state index contributed by atoms with van der Waals surface area (Å²) in [6, 6.07) is 11.8. The van der Waals surface area contributed by atoms with E-state index in [0.29, 0.717) is 37.6 Å². The number of ether oxygens (including phenoxy) is 1. The van der Waals surface area contributed by atoms with Gasteiger partial charge in [-0.2, -0.15) is 13.2 Å². The lowest BCUT2D eigenvalue weighted by atomic mass is 10.2. The number of carbonyl (C=O) groups is 3. The van der Waals surface area contributed by atoms with Crippen molar-refractivity contribution in [2.45, 2.75) is 12.7 Å². The highest BCUT2D eigenvalue weighted by molar-refractivity contribution is 5.98. The minimum Gasteiger partial charge on any atom is -0.378 e. The summed E-state index contributed by atoms with van der Waals surface area (Å²) >= 11 is 0. The van der Waals surface area contributed by atoms with E-state index < -0.39 is 24.4 Å². The Hall–Kier alpha value is -3.47. The van der Waals surface area contributed by atoms with E-state index in [0.717, 1.165) is 0 Å². The highest BCUT2D eigenvalue weighted by atomic mass is 19.4. The van der Waals surface area contributed by atoms with Crippen molar-refractivity contribution in [1.82, 2.24) is 15.2 Å². The zero-order valence-electron chi connectivity index (χ0n) is 17.0. The number of hydrogen-bond acceptors (Lipinski definition) is 5. The molecule has 0 radical (unpaired) electrons. The molecule has 0 spiro atoms. The number of nitrogens with one attached hydrogen (secondary N) is 1. The van der Waals surface area contributed by atoms with E-state index in [1.165, 1.54) is 17.6 Å². The number of benzene rings is 1. The second-order valence-corrected chi connectivity index (χ2v) is 6.96. The van der Waals surface area contributed by atoms with Gasteiger partial charge < -0.3 is 15.0 Å². The van der Waals surface area contributed by atoms with E-state index in [1.54, 1.807) is 28.0 Å². The SMILES string of the molecule is O=C(CNC(=O)C(F)(F)F)c1ccc(CN(C(=O)N2CCOCC2)c2ccccc2)cn1. The molecule has 32 heavy (non-hydrogen) atoms. The summed E-state index contributed by atoms with van der Waals surface area (Å²) in [7, 11) is 0. The molecule has 3 amide bonds. The quantitative estimate of drug-likeness (QED) is 0.683. The predicted molar refractivity (Wildman–Crippen MR) is 108 cm³/mol. The molecule has 11 heteroatoms. The Balaban J connectivity index is 1.69. The Morgan fingerprint density at radius 1 is 1.06 bits per heavy atom. The molecular formula is C21H21F3N4O4. The maximum absolute atomic E-state index is 13.1. The molecule has 1 aliphatic heterocycles. The maximum Gasteiger partial charge on any atom is 0.471 e. The van der Waals surface area contributed by atoms with Crippen molar-refractivity contribution in [3.63, 3.8) is 0 Å². The molecule has 1 aromatic carbocycles. The van der Waals surface area contributed by atoms with Crippen LogP contribution in [0.2, 0.25) is 0 Å². The summed E-state index contributed by atoms with van der Waals surface area (Å²) in [4.78, 5) is 43.2. The van der Waals surface area contributed by atoms with Crippen LogP contribution in [-0.4, -0.2) is 66.6 Å². The normalized spacial score (nSPS) is 14.0. The number of rotatable bonds is 6. The number of para-hydroxylation sites is 1. The number of halogens is 3. The van der Waals surface area contributed by atoms with E-state index in [4.69, 9.17) is 4.74 Å². The van der Waals surface area contributed by atoms with Gasteiger partial charge in [0.2, 0.25) is 0 Å². The molecule has 2 heterocycles. The lowest BCUT2D eigenvalue weighted by Gasteiger charge is -2.33. The number of amides is 3. The van der Waals surface area contributed by atoms with Gasteiger partial charge in [0.15, 0.2) is 5.78 Å². The molecule has 0 bridgehead atoms. The maximum atomic E-state index is 13.1. The molecule has 0 unspecified atom stereocenters. The van der Waals surface area contributed by atoms with E-state index in [-0.39, 0.29) is 18.3 Å². The Kier molecular flexibility index (Phi) is 7.41. The monoisotopic (exact) mass is 450 g/mol. The second-order valence-electron chi connectivity index (χ2n) is 6.96. The third kappa shape index (κ3) is 6.03. The molecule has 1 fully saturated rings. The number of anilines is 1. The largest absolute Gasteiger partial charge is 0.471 e. The van der Waals surface area contributed by atoms with Crippen LogP contribution in [0.1, 0.15) is 16.1 Å². The molecular weight excluding hydrogens is 429 g/mol. The van der Waals surface area contributed by atoms with Crippen LogP contribution >= 0.6 is 0 Å². The average Bonchev–Trinajstić information content (AvgIpc) is 2.81. The van der Waals surface area contributed by atoms with Gasteiger partial charge in [-0.15, -0.1) is 0 Å². The van der Waals surface area contributed by atoms with E-state index in [1.807, 2.05) is 18.2 Å². The molecule has 1 saturated heterocycles. The molecule has 0 atom stereocenters. The van der Waals surface area contributed by atoms with Gasteiger partial charge in [0, 0.05) is 25.0 Å². The van der Waals surface area contributed by atoms with Crippen molar-refractivity contribution in [1.29, 1.82) is 0 Å². The molecule has 170 valence electrons. The van der Waals surface area contributed by atoms with Crippen LogP contribution in [0.3, 0.4) is 0 Å². The minimum atomic E-state index is -5.06. The van der Waals surface area contributed by atoms with Crippen molar-refractivity contribution in [3.8, 4) is 0 Å². The molecule has 1 aliphatic rings. The molecule has 0 aliphatic carbocycles. The number of alkyl halides is 3. The fraction of sp³-hybridized carbons (Fsp3) is 0.333. The Labute approximate surface area is 182 Å². The fourth-order valence-electron chi connectivity index (χ4n) is 3.02. The average molecular weight is 450 g/mol. The summed E-state index contributed by atoms with van der Waals surface area (Å²) in [6.45, 7) is 1.20. The number of urea groups is 1. The van der Waals surface area contributed by atoms with Crippen molar-refractivity contribution >= 4 is 23.4 Å². The number of ketones is 1. The van der Waals surface area contributed by atoms with Crippen molar-refractivity contribution in [2.24, 2.45) is 0 Å². The Bertz CT molecular complexity index is 946. The Morgan fingerprint density at radius 3 is 2.34 bits per heavy atom. The second kappa shape index (κ2) is 10.2. The highest BCUT2D eigenvalue weighted by Crippen LogP contribution is 2.20. The van der Waals surface area contributed by atoms with E-state index >= 15 is 0 Å². The van der Waals surface area contributed by atoms with Crippen molar-refractivity contribution in [3.05, 3.63) is 59.9 Å². The van der Waals surface area contributed by atoms with Crippen LogP contribution < -0.4 is 10.2 Å². The van der Waals surface area contributed by atoms with Gasteiger partial charge in [-0.05, 0) is 23.8 Å². The summed E-state index contributed by atoms with van der Waals surface area (Å²) < 4.78 is 42.0. The summed E-state index contributed by atoms with van der Waals surface area (Å²) in [5, 5.41) is 1.52. The predicted octanol–water partition coefficient (Wildman–Crippen LogP) is 2.40. The first kappa shape index (κ1) is 23.2. The van der Waals surface area contributed by atoms with Gasteiger partial charge in [0.05, 0.1) is 26.3 Å². The fourth-order valence-corrected chi connectivity index (χ4v) is 3.02. The van der Waals surface area contributed by atoms with Crippen LogP contribution in [0.25, 0.3) is 0 Å². The van der Waals surface area contributed by atoms with Crippen LogP contribution in [-0.2, 0) is 16.1 Å². The summed E-state index contributed by atoms with van der Waals surface area (Å²) in [6.07, 6.45) is -3.69. The highest BCUT2D eigenvalue weighted by Gasteiger charge is 2.38. The smallest absolute Gasteiger partial charge is 0.378 e. The molecule has 3 rings (SSSR count). The molecule has 0 saturated carbocycles. The van der Waals surface area contributed by atoms with Gasteiger partial charge in [-0.25, -0.2) is 4.79 Å². The lowest BCUT2D eigenvalue weighted by molar-refractivity contribution is -0.173. The number of carbonyl (C=O) groups excluding carboxylic acids is 3. The minimum absolute atomic E-state index is 0.0954. The molecule has 1 aromatic heterocycles. The van der Waals surface area contributed by atoms with Gasteiger partial charge in [0.1, 0.15) is 5.69 Å². The first-order valence-corrected chi connectivity index (χ1v) is 9.78. The first-order chi connectivity index (χ1) is 15.3.